The average molecular weight is 274 g/mol. The first-order valence-electron chi connectivity index (χ1n) is 6.26. The molecular weight excluding hydrogens is 247 g/mol. The highest BCUT2D eigenvalue weighted by atomic mass is 19.1. The van der Waals surface area contributed by atoms with E-state index < -0.39 is 12.8 Å². The Morgan fingerprint density at radius 2 is 1.63 bits per heavy atom. The van der Waals surface area contributed by atoms with Crippen LogP contribution in [0.3, 0.4) is 0 Å². The summed E-state index contributed by atoms with van der Waals surface area (Å²) in [4.78, 5) is 0. The van der Waals surface area contributed by atoms with E-state index in [0.717, 1.165) is 19.8 Å². The van der Waals surface area contributed by atoms with Gasteiger partial charge in [0.15, 0.2) is 0 Å². The summed E-state index contributed by atoms with van der Waals surface area (Å²) in [5.41, 5.74) is 2.24. The lowest BCUT2D eigenvalue weighted by atomic mass is 9.88. The maximum atomic E-state index is 12.4. The Bertz CT molecular complexity index is 318. The molecule has 0 aliphatic carbocycles. The summed E-state index contributed by atoms with van der Waals surface area (Å²) in [5.74, 6) is -0.323. The van der Waals surface area contributed by atoms with Gasteiger partial charge in [-0.1, -0.05) is 43.7 Å². The number of halogens is 1. The minimum Gasteiger partial charge on any atom is -0.400 e. The molecule has 3 N–H and O–H groups in total. The Hall–Kier alpha value is -0.970. The van der Waals surface area contributed by atoms with Crippen LogP contribution < -0.4 is 0 Å². The summed E-state index contributed by atoms with van der Waals surface area (Å²) in [7, 11) is 2.00. The summed E-state index contributed by atoms with van der Waals surface area (Å²) in [6.45, 7) is 5.21. The molecule has 0 bridgehead atoms. The van der Waals surface area contributed by atoms with Gasteiger partial charge in [-0.15, -0.1) is 0 Å². The van der Waals surface area contributed by atoms with E-state index in [2.05, 4.69) is 0 Å². The zero-order chi connectivity index (χ0) is 15.4. The van der Waals surface area contributed by atoms with Gasteiger partial charge in [0.1, 0.15) is 0 Å². The summed E-state index contributed by atoms with van der Waals surface area (Å²) in [6.07, 6.45) is -0.614. The van der Waals surface area contributed by atoms with Gasteiger partial charge in [-0.2, -0.15) is 0 Å². The lowest BCUT2D eigenvalue weighted by Gasteiger charge is -2.23. The minimum atomic E-state index is -0.614. The second-order valence-electron chi connectivity index (χ2n) is 4.32. The molecule has 0 saturated heterocycles. The zero-order valence-electron chi connectivity index (χ0n) is 12.5. The van der Waals surface area contributed by atoms with Crippen molar-refractivity contribution in [3.63, 3.8) is 0 Å². The lowest BCUT2D eigenvalue weighted by Crippen LogP contribution is -2.25. The Morgan fingerprint density at radius 1 is 1.11 bits per heavy atom. The third-order valence-electron chi connectivity index (χ3n) is 2.91. The van der Waals surface area contributed by atoms with Gasteiger partial charge >= 0.3 is 0 Å². The molecule has 0 amide bonds. The molecule has 0 aliphatic heterocycles. The number of aryl methyl sites for hydroxylation is 1. The van der Waals surface area contributed by atoms with Crippen LogP contribution in [0.2, 0.25) is 0 Å². The van der Waals surface area contributed by atoms with Crippen molar-refractivity contribution in [2.75, 3.05) is 20.9 Å². The maximum Gasteiger partial charge on any atom is 0.0944 e. The maximum absolute atomic E-state index is 12.4. The second kappa shape index (κ2) is 12.1. The molecule has 0 fully saturated rings. The van der Waals surface area contributed by atoms with Gasteiger partial charge in [0.25, 0.3) is 0 Å². The van der Waals surface area contributed by atoms with Gasteiger partial charge in [-0.25, -0.2) is 0 Å². The molecule has 0 saturated carbocycles. The van der Waals surface area contributed by atoms with E-state index in [1.54, 1.807) is 6.92 Å². The van der Waals surface area contributed by atoms with E-state index in [9.17, 15) is 9.50 Å². The summed E-state index contributed by atoms with van der Waals surface area (Å²) in [6, 6.07) is 8.00. The Kier molecular flexibility index (Phi) is 12.9. The molecule has 0 aliphatic rings. The van der Waals surface area contributed by atoms with E-state index in [4.69, 9.17) is 10.2 Å². The van der Waals surface area contributed by atoms with Crippen LogP contribution in [0.1, 0.15) is 30.9 Å². The summed E-state index contributed by atoms with van der Waals surface area (Å²) >= 11 is 0. The first-order chi connectivity index (χ1) is 9.06. The average Bonchev–Trinajstić information content (AvgIpc) is 2.49. The van der Waals surface area contributed by atoms with E-state index in [-0.39, 0.29) is 11.8 Å². The van der Waals surface area contributed by atoms with Gasteiger partial charge < -0.3 is 15.3 Å². The molecule has 0 heterocycles. The second-order valence-corrected chi connectivity index (χ2v) is 4.32. The standard InChI is InChI=1S/C13H19FO.2CH4O/c1-9-5-4-6-12(7-9)11(3)13(15)10(2)8-14;2*1-2/h4-7,10-11,13,15H,8H2,1-3H3;2*2H,1H3/t10-,11-,13+;;/m1../s1. The Morgan fingerprint density at radius 3 is 2.05 bits per heavy atom. The molecule has 0 spiro atoms. The van der Waals surface area contributed by atoms with Crippen LogP contribution in [-0.2, 0) is 0 Å². The number of aliphatic hydroxyl groups excluding tert-OH is 3. The molecule has 112 valence electrons. The summed E-state index contributed by atoms with van der Waals surface area (Å²) in [5, 5.41) is 23.9. The number of hydrogen-bond acceptors (Lipinski definition) is 3. The SMILES string of the molecule is CO.CO.Cc1cccc([C@@H](C)[C@@H](O)[C@H](C)CF)c1. The number of aliphatic hydroxyl groups is 3. The number of rotatable bonds is 4. The third kappa shape index (κ3) is 7.25. The topological polar surface area (TPSA) is 60.7 Å². The van der Waals surface area contributed by atoms with Crippen LogP contribution >= 0.6 is 0 Å². The fraction of sp³-hybridized carbons (Fsp3) is 0.600. The molecule has 0 aromatic heterocycles. The van der Waals surface area contributed by atoms with E-state index in [1.165, 1.54) is 5.56 Å². The Labute approximate surface area is 115 Å². The van der Waals surface area contributed by atoms with Crippen molar-refractivity contribution >= 4 is 0 Å². The van der Waals surface area contributed by atoms with Gasteiger partial charge in [0.05, 0.1) is 12.8 Å². The molecular formula is C15H27FO3. The largest absolute Gasteiger partial charge is 0.400 e. The van der Waals surface area contributed by atoms with E-state index in [1.807, 2.05) is 38.1 Å². The van der Waals surface area contributed by atoms with Crippen LogP contribution in [0.15, 0.2) is 24.3 Å². The smallest absolute Gasteiger partial charge is 0.0944 e. The highest BCUT2D eigenvalue weighted by Crippen LogP contribution is 2.24. The van der Waals surface area contributed by atoms with Crippen molar-refractivity contribution in [2.45, 2.75) is 32.8 Å². The van der Waals surface area contributed by atoms with Crippen LogP contribution in [0.25, 0.3) is 0 Å². The highest BCUT2D eigenvalue weighted by molar-refractivity contribution is 5.25. The highest BCUT2D eigenvalue weighted by Gasteiger charge is 2.22. The van der Waals surface area contributed by atoms with Gasteiger partial charge in [-0.05, 0) is 12.5 Å². The van der Waals surface area contributed by atoms with Crippen molar-refractivity contribution in [2.24, 2.45) is 5.92 Å². The lowest BCUT2D eigenvalue weighted by molar-refractivity contribution is 0.0803. The molecule has 0 radical (unpaired) electrons. The predicted octanol–water partition coefficient (Wildman–Crippen LogP) is 2.28. The molecule has 3 nitrogen and oxygen atoms in total. The summed E-state index contributed by atoms with van der Waals surface area (Å²) < 4.78 is 12.4. The number of benzene rings is 1. The molecule has 0 unspecified atom stereocenters. The normalized spacial score (nSPS) is 14.2. The first-order valence-corrected chi connectivity index (χ1v) is 6.26. The monoisotopic (exact) mass is 274 g/mol. The van der Waals surface area contributed by atoms with Crippen molar-refractivity contribution in [3.8, 4) is 0 Å². The molecule has 19 heavy (non-hydrogen) atoms. The predicted molar refractivity (Wildman–Crippen MR) is 77.0 cm³/mol. The van der Waals surface area contributed by atoms with Crippen LogP contribution in [0, 0.1) is 12.8 Å². The Balaban J connectivity index is 0. The third-order valence-corrected chi connectivity index (χ3v) is 2.91. The number of hydrogen-bond donors (Lipinski definition) is 3. The number of alkyl halides is 1. The molecule has 1 aromatic rings. The van der Waals surface area contributed by atoms with Gasteiger partial charge in [0, 0.05) is 26.1 Å². The van der Waals surface area contributed by atoms with Crippen molar-refractivity contribution in [3.05, 3.63) is 35.4 Å². The van der Waals surface area contributed by atoms with Crippen LogP contribution in [-0.4, -0.2) is 42.3 Å². The first kappa shape index (κ1) is 20.3. The molecule has 4 heteroatoms. The van der Waals surface area contributed by atoms with Crippen LogP contribution in [0.4, 0.5) is 4.39 Å². The van der Waals surface area contributed by atoms with Crippen molar-refractivity contribution in [1.82, 2.24) is 0 Å². The minimum absolute atomic E-state index is 0.0179. The fourth-order valence-corrected chi connectivity index (χ4v) is 1.73. The van der Waals surface area contributed by atoms with Gasteiger partial charge in [0.2, 0.25) is 0 Å². The molecule has 1 rings (SSSR count). The van der Waals surface area contributed by atoms with E-state index >= 15 is 0 Å². The van der Waals surface area contributed by atoms with E-state index in [0.29, 0.717) is 0 Å². The molecule has 1 aromatic carbocycles. The fourth-order valence-electron chi connectivity index (χ4n) is 1.73. The quantitative estimate of drug-likeness (QED) is 0.789. The van der Waals surface area contributed by atoms with Gasteiger partial charge in [-0.3, -0.25) is 4.39 Å². The van der Waals surface area contributed by atoms with Crippen LogP contribution in [0.5, 0.6) is 0 Å². The zero-order valence-corrected chi connectivity index (χ0v) is 12.5. The van der Waals surface area contributed by atoms with Crippen molar-refractivity contribution < 1.29 is 19.7 Å². The molecule has 3 atom stereocenters. The van der Waals surface area contributed by atoms with Crippen molar-refractivity contribution in [1.29, 1.82) is 0 Å².